The Hall–Kier alpha value is -1.65. The van der Waals surface area contributed by atoms with Crippen molar-refractivity contribution in [1.29, 1.82) is 0 Å². The molecular weight excluding hydrogens is 144 g/mol. The molecule has 5 heteroatoms. The van der Waals surface area contributed by atoms with Crippen LogP contribution in [0.5, 0.6) is 0 Å². The lowest BCUT2D eigenvalue weighted by molar-refractivity contribution is -0.108. The molecule has 54 valence electrons. The summed E-state index contributed by atoms with van der Waals surface area (Å²) in [5.41, 5.74) is 0.497. The highest BCUT2D eigenvalue weighted by Crippen LogP contribution is 1.86. The van der Waals surface area contributed by atoms with Crippen molar-refractivity contribution in [2.24, 2.45) is 9.98 Å². The van der Waals surface area contributed by atoms with E-state index < -0.39 is 6.17 Å². The van der Waals surface area contributed by atoms with Gasteiger partial charge in [-0.3, -0.25) is 4.79 Å². The SMILES string of the molecule is O=CC1N=c2cncnc2=N1. The fourth-order valence-electron chi connectivity index (χ4n) is 0.864. The molecule has 1 aromatic rings. The predicted molar refractivity (Wildman–Crippen MR) is 34.2 cm³/mol. The molecule has 1 aliphatic heterocycles. The fourth-order valence-corrected chi connectivity index (χ4v) is 0.864. The molecule has 0 aliphatic carbocycles. The van der Waals surface area contributed by atoms with Crippen molar-refractivity contribution in [2.45, 2.75) is 6.17 Å². The first-order chi connectivity index (χ1) is 5.40. The van der Waals surface area contributed by atoms with Crippen LogP contribution in [0.3, 0.4) is 0 Å². The minimum Gasteiger partial charge on any atom is -0.299 e. The Morgan fingerprint density at radius 1 is 1.45 bits per heavy atom. The fraction of sp³-hybridized carbons (Fsp3) is 0.167. The summed E-state index contributed by atoms with van der Waals surface area (Å²) in [7, 11) is 0. The minimum absolute atomic E-state index is 0.497. The van der Waals surface area contributed by atoms with Gasteiger partial charge < -0.3 is 0 Å². The van der Waals surface area contributed by atoms with Crippen LogP contribution in [0, 0.1) is 0 Å². The maximum absolute atomic E-state index is 10.2. The van der Waals surface area contributed by atoms with E-state index in [9.17, 15) is 4.79 Å². The van der Waals surface area contributed by atoms with Crippen LogP contribution in [0.15, 0.2) is 22.5 Å². The molecule has 0 N–H and O–H groups in total. The van der Waals surface area contributed by atoms with Crippen LogP contribution in [-0.2, 0) is 4.79 Å². The van der Waals surface area contributed by atoms with Gasteiger partial charge in [-0.1, -0.05) is 0 Å². The molecule has 1 unspecified atom stereocenters. The third-order valence-corrected chi connectivity index (χ3v) is 1.32. The van der Waals surface area contributed by atoms with Crippen LogP contribution in [-0.4, -0.2) is 22.4 Å². The largest absolute Gasteiger partial charge is 0.299 e. The standard InChI is InChI=1S/C6H4N4O/c11-2-5-9-4-1-7-3-8-6(4)10-5/h1-3,5H. The summed E-state index contributed by atoms with van der Waals surface area (Å²) < 4.78 is 0. The average Bonchev–Trinajstić information content (AvgIpc) is 2.46. The molecule has 0 bridgehead atoms. The smallest absolute Gasteiger partial charge is 0.198 e. The molecular formula is C6H4N4O. The van der Waals surface area contributed by atoms with Gasteiger partial charge in [-0.25, -0.2) is 20.0 Å². The molecule has 0 aromatic carbocycles. The molecule has 5 nitrogen and oxygen atoms in total. The van der Waals surface area contributed by atoms with Gasteiger partial charge in [-0.15, -0.1) is 0 Å². The Morgan fingerprint density at radius 2 is 2.36 bits per heavy atom. The lowest BCUT2D eigenvalue weighted by atomic mass is 10.6. The maximum atomic E-state index is 10.2. The number of aromatic nitrogens is 2. The van der Waals surface area contributed by atoms with Crippen molar-refractivity contribution in [3.05, 3.63) is 23.4 Å². The first-order valence-corrected chi connectivity index (χ1v) is 3.07. The zero-order valence-corrected chi connectivity index (χ0v) is 5.51. The molecule has 0 fully saturated rings. The topological polar surface area (TPSA) is 67.6 Å². The Bertz CT molecular complexity index is 364. The second-order valence-corrected chi connectivity index (χ2v) is 2.04. The monoisotopic (exact) mass is 148 g/mol. The van der Waals surface area contributed by atoms with Crippen molar-refractivity contribution in [3.63, 3.8) is 0 Å². The van der Waals surface area contributed by atoms with Crippen LogP contribution in [0.2, 0.25) is 0 Å². The van der Waals surface area contributed by atoms with E-state index in [4.69, 9.17) is 0 Å². The lowest BCUT2D eigenvalue weighted by Crippen LogP contribution is -2.25. The van der Waals surface area contributed by atoms with Gasteiger partial charge in [0.2, 0.25) is 0 Å². The highest BCUT2D eigenvalue weighted by atomic mass is 16.1. The zero-order chi connectivity index (χ0) is 7.68. The van der Waals surface area contributed by atoms with Crippen LogP contribution in [0.1, 0.15) is 0 Å². The molecule has 1 aliphatic rings. The molecule has 11 heavy (non-hydrogen) atoms. The zero-order valence-electron chi connectivity index (χ0n) is 5.51. The van der Waals surface area contributed by atoms with Crippen molar-refractivity contribution in [1.82, 2.24) is 9.97 Å². The summed E-state index contributed by atoms with van der Waals surface area (Å²) in [5.74, 6) is 0. The third kappa shape index (κ3) is 0.899. The van der Waals surface area contributed by atoms with Gasteiger partial charge in [-0.2, -0.15) is 0 Å². The van der Waals surface area contributed by atoms with Crippen molar-refractivity contribution in [2.75, 3.05) is 0 Å². The summed E-state index contributed by atoms with van der Waals surface area (Å²) in [6.45, 7) is 0. The summed E-state index contributed by atoms with van der Waals surface area (Å²) in [6, 6.07) is 0. The van der Waals surface area contributed by atoms with E-state index >= 15 is 0 Å². The van der Waals surface area contributed by atoms with Gasteiger partial charge in [0, 0.05) is 0 Å². The first kappa shape index (κ1) is 6.09. The number of rotatable bonds is 1. The Balaban J connectivity index is 2.70. The predicted octanol–water partition coefficient (Wildman–Crippen LogP) is -1.75. The number of fused-ring (bicyclic) bond motifs is 1. The van der Waals surface area contributed by atoms with Crippen molar-refractivity contribution >= 4 is 6.29 Å². The number of hydrogen-bond donors (Lipinski definition) is 0. The second-order valence-electron chi connectivity index (χ2n) is 2.04. The summed E-state index contributed by atoms with van der Waals surface area (Å²) >= 11 is 0. The van der Waals surface area contributed by atoms with Gasteiger partial charge in [0.1, 0.15) is 11.7 Å². The third-order valence-electron chi connectivity index (χ3n) is 1.32. The Kier molecular flexibility index (Phi) is 1.21. The van der Waals surface area contributed by atoms with E-state index in [2.05, 4.69) is 20.0 Å². The van der Waals surface area contributed by atoms with Crippen molar-refractivity contribution in [3.8, 4) is 0 Å². The average molecular weight is 148 g/mol. The van der Waals surface area contributed by atoms with Crippen LogP contribution in [0.4, 0.5) is 0 Å². The number of carbonyl (C=O) groups excluding carboxylic acids is 1. The highest BCUT2D eigenvalue weighted by Gasteiger charge is 2.07. The summed E-state index contributed by atoms with van der Waals surface area (Å²) in [5, 5.41) is 0.588. The molecule has 1 atom stereocenters. The van der Waals surface area contributed by atoms with Gasteiger partial charge in [0.25, 0.3) is 0 Å². The Labute approximate surface area is 61.5 Å². The van der Waals surface area contributed by atoms with Crippen LogP contribution < -0.4 is 10.8 Å². The van der Waals surface area contributed by atoms with Crippen LogP contribution in [0.25, 0.3) is 0 Å². The minimum atomic E-state index is -0.610. The van der Waals surface area contributed by atoms with Gasteiger partial charge in [-0.05, 0) is 0 Å². The highest BCUT2D eigenvalue weighted by molar-refractivity contribution is 5.57. The molecule has 1 aromatic heterocycles. The lowest BCUT2D eigenvalue weighted by Gasteiger charge is -1.84. The molecule has 0 saturated carbocycles. The number of aldehydes is 1. The molecule has 0 amide bonds. The molecule has 2 heterocycles. The van der Waals surface area contributed by atoms with Crippen LogP contribution >= 0.6 is 0 Å². The quantitative estimate of drug-likeness (QED) is 0.444. The van der Waals surface area contributed by atoms with Gasteiger partial charge in [0.15, 0.2) is 17.9 Å². The number of nitrogens with zero attached hydrogens (tertiary/aromatic N) is 4. The first-order valence-electron chi connectivity index (χ1n) is 3.07. The molecule has 2 rings (SSSR count). The van der Waals surface area contributed by atoms with E-state index in [1.54, 1.807) is 0 Å². The summed E-state index contributed by atoms with van der Waals surface area (Å²) in [6.07, 6.45) is 2.98. The number of carbonyl (C=O) groups is 1. The van der Waals surface area contributed by atoms with E-state index in [0.717, 1.165) is 0 Å². The molecule has 0 saturated heterocycles. The molecule has 0 radical (unpaired) electrons. The normalized spacial score (nSPS) is 19.8. The molecule has 0 spiro atoms. The van der Waals surface area contributed by atoms with E-state index in [0.29, 0.717) is 17.1 Å². The van der Waals surface area contributed by atoms with Gasteiger partial charge in [0.05, 0.1) is 6.20 Å². The summed E-state index contributed by atoms with van der Waals surface area (Å²) in [4.78, 5) is 25.6. The second kappa shape index (κ2) is 2.19. The van der Waals surface area contributed by atoms with E-state index in [1.807, 2.05) is 0 Å². The van der Waals surface area contributed by atoms with Crippen molar-refractivity contribution < 1.29 is 4.79 Å². The Morgan fingerprint density at radius 3 is 3.09 bits per heavy atom. The van der Waals surface area contributed by atoms with E-state index in [1.165, 1.54) is 12.5 Å². The van der Waals surface area contributed by atoms with E-state index in [-0.39, 0.29) is 0 Å². The number of hydrogen-bond acceptors (Lipinski definition) is 5. The maximum Gasteiger partial charge on any atom is 0.198 e. The van der Waals surface area contributed by atoms with Gasteiger partial charge >= 0.3 is 0 Å².